The van der Waals surface area contributed by atoms with E-state index < -0.39 is 5.91 Å². The number of pyridine rings is 2. The number of fused-ring (bicyclic) bond motifs is 1. The summed E-state index contributed by atoms with van der Waals surface area (Å²) in [6, 6.07) is 13.0. The molecule has 2 aromatic heterocycles. The molecule has 0 saturated carbocycles. The number of carbonyl (C=O) groups excluding carboxylic acids is 1. The molecule has 0 bridgehead atoms. The van der Waals surface area contributed by atoms with Gasteiger partial charge in [0.2, 0.25) is 0 Å². The third kappa shape index (κ3) is 3.67. The summed E-state index contributed by atoms with van der Waals surface area (Å²) < 4.78 is 1.53. The predicted octanol–water partition coefficient (Wildman–Crippen LogP) is 4.01. The second-order valence-corrected chi connectivity index (χ2v) is 6.28. The Bertz CT molecular complexity index is 975. The summed E-state index contributed by atoms with van der Waals surface area (Å²) in [5, 5.41) is 3.60. The van der Waals surface area contributed by atoms with Crippen molar-refractivity contribution < 1.29 is 4.79 Å². The Labute approximate surface area is 152 Å². The number of benzene rings is 1. The number of carbonyl (C=O) groups is 1. The summed E-state index contributed by atoms with van der Waals surface area (Å²) in [7, 11) is 0. The highest BCUT2D eigenvalue weighted by atomic mass is 16.2. The van der Waals surface area contributed by atoms with Crippen LogP contribution in [0.3, 0.4) is 0 Å². The Morgan fingerprint density at radius 2 is 1.92 bits per heavy atom. The average Bonchev–Trinajstić information content (AvgIpc) is 2.67. The summed E-state index contributed by atoms with van der Waals surface area (Å²) in [5.41, 5.74) is 2.33. The number of rotatable bonds is 6. The van der Waals surface area contributed by atoms with Gasteiger partial charge in [0.25, 0.3) is 11.5 Å². The maximum atomic E-state index is 12.7. The molecule has 1 amide bonds. The fourth-order valence-corrected chi connectivity index (χ4v) is 3.00. The van der Waals surface area contributed by atoms with E-state index in [2.05, 4.69) is 17.2 Å². The van der Waals surface area contributed by atoms with Gasteiger partial charge in [0.05, 0.1) is 0 Å². The molecule has 26 heavy (non-hydrogen) atoms. The Balaban J connectivity index is 1.88. The van der Waals surface area contributed by atoms with Gasteiger partial charge in [-0.15, -0.1) is 0 Å². The average molecular weight is 349 g/mol. The van der Waals surface area contributed by atoms with Gasteiger partial charge in [-0.25, -0.2) is 4.98 Å². The molecule has 134 valence electrons. The lowest BCUT2D eigenvalue weighted by molar-refractivity contribution is 0.102. The molecule has 0 radical (unpaired) electrons. The lowest BCUT2D eigenvalue weighted by Crippen LogP contribution is -2.29. The molecular formula is C21H23N3O2. The van der Waals surface area contributed by atoms with Crippen LogP contribution in [0.25, 0.3) is 11.0 Å². The minimum atomic E-state index is -0.399. The second-order valence-electron chi connectivity index (χ2n) is 6.28. The maximum Gasteiger partial charge on any atom is 0.265 e. The zero-order chi connectivity index (χ0) is 18.5. The molecule has 1 aromatic carbocycles. The van der Waals surface area contributed by atoms with E-state index in [1.165, 1.54) is 10.1 Å². The largest absolute Gasteiger partial charge is 0.322 e. The van der Waals surface area contributed by atoms with Crippen molar-refractivity contribution >= 4 is 22.6 Å². The van der Waals surface area contributed by atoms with Crippen molar-refractivity contribution in [2.75, 3.05) is 5.32 Å². The molecule has 2 heterocycles. The van der Waals surface area contributed by atoms with E-state index in [0.29, 0.717) is 17.9 Å². The molecule has 0 saturated heterocycles. The lowest BCUT2D eigenvalue weighted by atomic mass is 10.1. The van der Waals surface area contributed by atoms with E-state index >= 15 is 0 Å². The van der Waals surface area contributed by atoms with E-state index in [4.69, 9.17) is 0 Å². The topological polar surface area (TPSA) is 64.0 Å². The molecule has 1 N–H and O–H groups in total. The zero-order valence-corrected chi connectivity index (χ0v) is 15.2. The van der Waals surface area contributed by atoms with Crippen LogP contribution in [0.4, 0.5) is 5.69 Å². The molecule has 3 rings (SSSR count). The number of amides is 1. The van der Waals surface area contributed by atoms with Crippen LogP contribution in [-0.2, 0) is 13.0 Å². The van der Waals surface area contributed by atoms with Crippen LogP contribution in [0.15, 0.2) is 53.5 Å². The van der Waals surface area contributed by atoms with Crippen LogP contribution in [-0.4, -0.2) is 15.5 Å². The minimum Gasteiger partial charge on any atom is -0.322 e. The normalized spacial score (nSPS) is 10.8. The molecule has 5 nitrogen and oxygen atoms in total. The van der Waals surface area contributed by atoms with Crippen LogP contribution in [0.5, 0.6) is 0 Å². The first-order valence-corrected chi connectivity index (χ1v) is 9.03. The Hall–Kier alpha value is -2.95. The van der Waals surface area contributed by atoms with Crippen molar-refractivity contribution in [2.24, 2.45) is 0 Å². The third-order valence-electron chi connectivity index (χ3n) is 4.44. The first-order chi connectivity index (χ1) is 12.6. The van der Waals surface area contributed by atoms with Crippen molar-refractivity contribution in [3.05, 3.63) is 70.1 Å². The van der Waals surface area contributed by atoms with Crippen molar-refractivity contribution in [1.82, 2.24) is 9.55 Å². The van der Waals surface area contributed by atoms with Gasteiger partial charge in [-0.05, 0) is 55.7 Å². The summed E-state index contributed by atoms with van der Waals surface area (Å²) >= 11 is 0. The molecular weight excluding hydrogens is 326 g/mol. The van der Waals surface area contributed by atoms with Gasteiger partial charge >= 0.3 is 0 Å². The summed E-state index contributed by atoms with van der Waals surface area (Å²) in [6.07, 6.45) is 4.98. The molecule has 3 aromatic rings. The fraction of sp³-hybridized carbons (Fsp3) is 0.286. The number of aryl methyl sites for hydroxylation is 2. The standard InChI is InChI=1S/C21H23N3O2/c1-3-5-7-15-9-11-17(12-10-15)23-20(25)18-14-16-8-6-13-22-19(16)24(4-2)21(18)26/h6,8-14H,3-5,7H2,1-2H3,(H,23,25). The van der Waals surface area contributed by atoms with Gasteiger partial charge in [-0.1, -0.05) is 25.5 Å². The summed E-state index contributed by atoms with van der Waals surface area (Å²) in [5.74, 6) is -0.399. The number of aromatic nitrogens is 2. The van der Waals surface area contributed by atoms with Crippen molar-refractivity contribution in [3.8, 4) is 0 Å². The molecule has 0 aliphatic carbocycles. The smallest absolute Gasteiger partial charge is 0.265 e. The van der Waals surface area contributed by atoms with E-state index in [-0.39, 0.29) is 11.1 Å². The van der Waals surface area contributed by atoms with Gasteiger partial charge in [0.1, 0.15) is 11.2 Å². The van der Waals surface area contributed by atoms with Crippen molar-refractivity contribution in [3.63, 3.8) is 0 Å². The van der Waals surface area contributed by atoms with Crippen LogP contribution in [0.1, 0.15) is 42.6 Å². The quantitative estimate of drug-likeness (QED) is 0.731. The highest BCUT2D eigenvalue weighted by Gasteiger charge is 2.15. The van der Waals surface area contributed by atoms with E-state index in [1.807, 2.05) is 37.3 Å². The monoisotopic (exact) mass is 349 g/mol. The molecule has 5 heteroatoms. The summed E-state index contributed by atoms with van der Waals surface area (Å²) in [4.78, 5) is 29.6. The number of hydrogen-bond acceptors (Lipinski definition) is 3. The van der Waals surface area contributed by atoms with E-state index in [1.54, 1.807) is 18.3 Å². The number of unbranched alkanes of at least 4 members (excludes halogenated alkanes) is 1. The maximum absolute atomic E-state index is 12.7. The van der Waals surface area contributed by atoms with E-state index in [9.17, 15) is 9.59 Å². The molecule has 0 spiro atoms. The Morgan fingerprint density at radius 1 is 1.15 bits per heavy atom. The van der Waals surface area contributed by atoms with Crippen LogP contribution in [0.2, 0.25) is 0 Å². The number of nitrogens with zero attached hydrogens (tertiary/aromatic N) is 2. The first kappa shape index (κ1) is 17.9. The molecule has 0 aliphatic heterocycles. The first-order valence-electron chi connectivity index (χ1n) is 9.03. The zero-order valence-electron chi connectivity index (χ0n) is 15.2. The molecule has 0 aliphatic rings. The van der Waals surface area contributed by atoms with Crippen molar-refractivity contribution in [2.45, 2.75) is 39.7 Å². The van der Waals surface area contributed by atoms with Gasteiger partial charge in [0.15, 0.2) is 0 Å². The van der Waals surface area contributed by atoms with Gasteiger partial charge < -0.3 is 5.32 Å². The summed E-state index contributed by atoms with van der Waals surface area (Å²) in [6.45, 7) is 4.49. The minimum absolute atomic E-state index is 0.127. The molecule has 0 fully saturated rings. The van der Waals surface area contributed by atoms with Crippen LogP contribution < -0.4 is 10.9 Å². The van der Waals surface area contributed by atoms with Crippen LogP contribution >= 0.6 is 0 Å². The van der Waals surface area contributed by atoms with Gasteiger partial charge in [-0.2, -0.15) is 0 Å². The van der Waals surface area contributed by atoms with Crippen molar-refractivity contribution in [1.29, 1.82) is 0 Å². The number of hydrogen-bond donors (Lipinski definition) is 1. The Morgan fingerprint density at radius 3 is 2.62 bits per heavy atom. The second kappa shape index (κ2) is 7.95. The number of nitrogens with one attached hydrogen (secondary N) is 1. The van der Waals surface area contributed by atoms with Gasteiger partial charge in [0, 0.05) is 23.8 Å². The fourth-order valence-electron chi connectivity index (χ4n) is 3.00. The third-order valence-corrected chi connectivity index (χ3v) is 4.44. The predicted molar refractivity (Wildman–Crippen MR) is 105 cm³/mol. The molecule has 0 atom stereocenters. The Kier molecular flexibility index (Phi) is 5.46. The van der Waals surface area contributed by atoms with Crippen LogP contribution in [0, 0.1) is 0 Å². The SMILES string of the molecule is CCCCc1ccc(NC(=O)c2cc3cccnc3n(CC)c2=O)cc1. The highest BCUT2D eigenvalue weighted by molar-refractivity contribution is 6.05. The molecule has 0 unspecified atom stereocenters. The number of anilines is 1. The highest BCUT2D eigenvalue weighted by Crippen LogP contribution is 2.15. The van der Waals surface area contributed by atoms with E-state index in [0.717, 1.165) is 24.6 Å². The lowest BCUT2D eigenvalue weighted by Gasteiger charge is -2.11. The van der Waals surface area contributed by atoms with Gasteiger partial charge in [-0.3, -0.25) is 14.2 Å².